The fourth-order valence-corrected chi connectivity index (χ4v) is 3.94. The fourth-order valence-electron chi connectivity index (χ4n) is 2.77. The van der Waals surface area contributed by atoms with Gasteiger partial charge in [0.25, 0.3) is 0 Å². The molecule has 1 fully saturated rings. The number of hydrogen-bond acceptors (Lipinski definition) is 4. The Bertz CT molecular complexity index is 357. The Hall–Kier alpha value is -0.610. The van der Waals surface area contributed by atoms with Crippen molar-refractivity contribution in [3.05, 3.63) is 10.6 Å². The lowest BCUT2D eigenvalue weighted by Gasteiger charge is -2.31. The van der Waals surface area contributed by atoms with E-state index in [2.05, 4.69) is 24.1 Å². The zero-order valence-corrected chi connectivity index (χ0v) is 13.4. The largest absolute Gasteiger partial charge is 0.348 e. The smallest absolute Gasteiger partial charge is 0.185 e. The van der Waals surface area contributed by atoms with Crippen LogP contribution in [0, 0.1) is 5.92 Å². The summed E-state index contributed by atoms with van der Waals surface area (Å²) in [6.07, 6.45) is 6.29. The van der Waals surface area contributed by atoms with Crippen molar-refractivity contribution >= 4 is 16.5 Å². The number of aromatic nitrogens is 1. The molecule has 1 aromatic heterocycles. The molecule has 0 aliphatic carbocycles. The molecule has 3 nitrogen and oxygen atoms in total. The lowest BCUT2D eigenvalue weighted by Crippen LogP contribution is -2.33. The van der Waals surface area contributed by atoms with Gasteiger partial charge in [-0.1, -0.05) is 26.7 Å². The topological polar surface area (TPSA) is 28.2 Å². The molecule has 2 heterocycles. The van der Waals surface area contributed by atoms with Gasteiger partial charge >= 0.3 is 0 Å². The van der Waals surface area contributed by atoms with Gasteiger partial charge in [0.05, 0.1) is 5.69 Å². The number of rotatable bonds is 6. The van der Waals surface area contributed by atoms with Gasteiger partial charge < -0.3 is 10.2 Å². The summed E-state index contributed by atoms with van der Waals surface area (Å²) in [6, 6.07) is 0. The van der Waals surface area contributed by atoms with Gasteiger partial charge in [0.1, 0.15) is 0 Å². The fraction of sp³-hybridized carbons (Fsp3) is 0.800. The number of thiazole rings is 1. The van der Waals surface area contributed by atoms with Crippen LogP contribution in [0.4, 0.5) is 5.13 Å². The number of aryl methyl sites for hydroxylation is 1. The van der Waals surface area contributed by atoms with E-state index in [4.69, 9.17) is 4.98 Å². The van der Waals surface area contributed by atoms with E-state index in [1.54, 1.807) is 0 Å². The van der Waals surface area contributed by atoms with Crippen LogP contribution in [0.2, 0.25) is 0 Å². The maximum absolute atomic E-state index is 4.90. The normalized spacial score (nSPS) is 17.1. The highest BCUT2D eigenvalue weighted by atomic mass is 32.1. The zero-order valence-electron chi connectivity index (χ0n) is 12.5. The van der Waals surface area contributed by atoms with Gasteiger partial charge in [-0.25, -0.2) is 4.98 Å². The molecule has 0 aromatic carbocycles. The molecular weight excluding hydrogens is 254 g/mol. The number of piperidine rings is 1. The molecule has 1 aromatic rings. The van der Waals surface area contributed by atoms with Gasteiger partial charge in [-0.3, -0.25) is 0 Å². The number of nitrogens with zero attached hydrogens (tertiary/aromatic N) is 2. The highest BCUT2D eigenvalue weighted by molar-refractivity contribution is 7.15. The molecule has 1 aliphatic rings. The minimum atomic E-state index is 0.933. The molecule has 1 saturated heterocycles. The quantitative estimate of drug-likeness (QED) is 0.866. The lowest BCUT2D eigenvalue weighted by molar-refractivity contribution is 0.395. The first kappa shape index (κ1) is 14.8. The molecule has 1 aliphatic heterocycles. The molecule has 0 amide bonds. The van der Waals surface area contributed by atoms with Crippen molar-refractivity contribution in [2.24, 2.45) is 5.92 Å². The summed E-state index contributed by atoms with van der Waals surface area (Å²) in [5.74, 6) is 0.933. The number of nitrogens with one attached hydrogen (secondary N) is 1. The van der Waals surface area contributed by atoms with Crippen LogP contribution in [0.5, 0.6) is 0 Å². The average molecular weight is 281 g/mol. The van der Waals surface area contributed by atoms with Crippen LogP contribution >= 0.6 is 11.3 Å². The van der Waals surface area contributed by atoms with Gasteiger partial charge in [0.2, 0.25) is 0 Å². The highest BCUT2D eigenvalue weighted by Crippen LogP contribution is 2.31. The summed E-state index contributed by atoms with van der Waals surface area (Å²) in [5, 5.41) is 4.52. The maximum atomic E-state index is 4.90. The third-order valence-corrected chi connectivity index (χ3v) is 5.21. The van der Waals surface area contributed by atoms with Crippen LogP contribution in [-0.2, 0) is 13.0 Å². The summed E-state index contributed by atoms with van der Waals surface area (Å²) < 4.78 is 0. The van der Waals surface area contributed by atoms with Crippen LogP contribution < -0.4 is 10.2 Å². The molecule has 19 heavy (non-hydrogen) atoms. The molecule has 0 spiro atoms. The van der Waals surface area contributed by atoms with E-state index >= 15 is 0 Å². The third-order valence-electron chi connectivity index (χ3n) is 4.05. The molecule has 1 N–H and O–H groups in total. The summed E-state index contributed by atoms with van der Waals surface area (Å²) in [6.45, 7) is 7.88. The van der Waals surface area contributed by atoms with Crippen molar-refractivity contribution in [3.8, 4) is 0 Å². The van der Waals surface area contributed by atoms with Gasteiger partial charge in [-0.2, -0.15) is 0 Å². The van der Waals surface area contributed by atoms with Gasteiger partial charge in [0.15, 0.2) is 5.13 Å². The van der Waals surface area contributed by atoms with Crippen LogP contribution in [-0.4, -0.2) is 25.1 Å². The second kappa shape index (κ2) is 7.25. The molecule has 108 valence electrons. The second-order valence-electron chi connectivity index (χ2n) is 5.49. The van der Waals surface area contributed by atoms with Crippen LogP contribution in [0.3, 0.4) is 0 Å². The van der Waals surface area contributed by atoms with Gasteiger partial charge in [-0.05, 0) is 32.2 Å². The Labute approximate surface area is 121 Å². The monoisotopic (exact) mass is 281 g/mol. The van der Waals surface area contributed by atoms with E-state index in [0.717, 1.165) is 18.9 Å². The van der Waals surface area contributed by atoms with Crippen molar-refractivity contribution in [2.75, 3.05) is 25.0 Å². The SMILES string of the molecule is CCCc1nc(N2CCC(CC)CC2)sc1CNC. The molecule has 0 radical (unpaired) electrons. The predicted molar refractivity (Wildman–Crippen MR) is 84.1 cm³/mol. The van der Waals surface area contributed by atoms with E-state index in [1.807, 2.05) is 18.4 Å². The van der Waals surface area contributed by atoms with E-state index in [1.165, 1.54) is 54.5 Å². The Kier molecular flexibility index (Phi) is 5.64. The van der Waals surface area contributed by atoms with Crippen molar-refractivity contribution in [1.82, 2.24) is 10.3 Å². The van der Waals surface area contributed by atoms with E-state index in [0.29, 0.717) is 0 Å². The first-order chi connectivity index (χ1) is 9.28. The zero-order chi connectivity index (χ0) is 13.7. The van der Waals surface area contributed by atoms with Crippen molar-refractivity contribution in [2.45, 2.75) is 52.5 Å². The summed E-state index contributed by atoms with van der Waals surface area (Å²) in [4.78, 5) is 8.82. The minimum Gasteiger partial charge on any atom is -0.348 e. The third kappa shape index (κ3) is 3.69. The molecule has 4 heteroatoms. The van der Waals surface area contributed by atoms with Gasteiger partial charge in [0, 0.05) is 24.5 Å². The van der Waals surface area contributed by atoms with Crippen molar-refractivity contribution < 1.29 is 0 Å². The number of hydrogen-bond donors (Lipinski definition) is 1. The predicted octanol–water partition coefficient (Wildman–Crippen LogP) is 3.44. The summed E-state index contributed by atoms with van der Waals surface area (Å²) in [7, 11) is 2.02. The summed E-state index contributed by atoms with van der Waals surface area (Å²) >= 11 is 1.89. The lowest BCUT2D eigenvalue weighted by atomic mass is 9.95. The van der Waals surface area contributed by atoms with E-state index < -0.39 is 0 Å². The Balaban J connectivity index is 2.05. The molecule has 2 rings (SSSR count). The molecule has 0 atom stereocenters. The van der Waals surface area contributed by atoms with E-state index in [9.17, 15) is 0 Å². The van der Waals surface area contributed by atoms with E-state index in [-0.39, 0.29) is 0 Å². The van der Waals surface area contributed by atoms with Crippen LogP contribution in [0.1, 0.15) is 50.1 Å². The standard InChI is InChI=1S/C15H27N3S/c1-4-6-13-14(11-16-3)19-15(17-13)18-9-7-12(5-2)8-10-18/h12,16H,4-11H2,1-3H3. The van der Waals surface area contributed by atoms with Crippen LogP contribution in [0.25, 0.3) is 0 Å². The highest BCUT2D eigenvalue weighted by Gasteiger charge is 2.21. The average Bonchev–Trinajstić information content (AvgIpc) is 2.83. The van der Waals surface area contributed by atoms with Gasteiger partial charge in [-0.15, -0.1) is 11.3 Å². The maximum Gasteiger partial charge on any atom is 0.185 e. The molecule has 0 unspecified atom stereocenters. The number of anilines is 1. The molecule has 0 bridgehead atoms. The minimum absolute atomic E-state index is 0.933. The first-order valence-corrected chi connectivity index (χ1v) is 8.48. The van der Waals surface area contributed by atoms with Crippen LogP contribution in [0.15, 0.2) is 0 Å². The summed E-state index contributed by atoms with van der Waals surface area (Å²) in [5.41, 5.74) is 1.31. The first-order valence-electron chi connectivity index (χ1n) is 7.66. The van der Waals surface area contributed by atoms with Crippen molar-refractivity contribution in [1.29, 1.82) is 0 Å². The second-order valence-corrected chi connectivity index (χ2v) is 6.55. The Morgan fingerprint density at radius 2 is 2.05 bits per heavy atom. The van der Waals surface area contributed by atoms with Crippen molar-refractivity contribution in [3.63, 3.8) is 0 Å². The Morgan fingerprint density at radius 3 is 2.63 bits per heavy atom. The molecular formula is C15H27N3S. The molecule has 0 saturated carbocycles. The Morgan fingerprint density at radius 1 is 1.32 bits per heavy atom.